The molecule has 1 aliphatic heterocycles. The van der Waals surface area contributed by atoms with Gasteiger partial charge in [0, 0.05) is 27.2 Å². The lowest BCUT2D eigenvalue weighted by molar-refractivity contribution is -0.291. The minimum absolute atomic E-state index is 0.00450. The molecule has 1 heterocycles. The topological polar surface area (TPSA) is 83.5 Å². The Balaban J connectivity index is 2.64. The highest BCUT2D eigenvalue weighted by Crippen LogP contribution is 2.30. The van der Waals surface area contributed by atoms with E-state index in [2.05, 4.69) is 0 Å². The standard InChI is InChI=1S/C12H22O7/c1-7-8(5-18-6-9(13)14)19-12(17-4)11(16-3)10(7)15-2/h7-8,10-12H,5-6H2,1-4H3,(H,13,14)/t7-,8?,10-,11?,12+/m0/s1. The largest absolute Gasteiger partial charge is 0.480 e. The lowest BCUT2D eigenvalue weighted by Crippen LogP contribution is -2.56. The van der Waals surface area contributed by atoms with E-state index in [4.69, 9.17) is 28.8 Å². The molecule has 0 aromatic rings. The van der Waals surface area contributed by atoms with Crippen molar-refractivity contribution in [3.8, 4) is 0 Å². The van der Waals surface area contributed by atoms with Gasteiger partial charge in [0.1, 0.15) is 12.7 Å². The first-order chi connectivity index (χ1) is 9.04. The third-order valence-electron chi connectivity index (χ3n) is 3.29. The highest BCUT2D eigenvalue weighted by molar-refractivity contribution is 5.67. The van der Waals surface area contributed by atoms with Gasteiger partial charge in [-0.1, -0.05) is 6.92 Å². The van der Waals surface area contributed by atoms with Crippen LogP contribution < -0.4 is 0 Å². The molecule has 1 rings (SSSR count). The zero-order valence-electron chi connectivity index (χ0n) is 11.7. The molecule has 112 valence electrons. The number of methoxy groups -OCH3 is 3. The fourth-order valence-corrected chi connectivity index (χ4v) is 2.28. The smallest absolute Gasteiger partial charge is 0.329 e. The Morgan fingerprint density at radius 3 is 2.26 bits per heavy atom. The summed E-state index contributed by atoms with van der Waals surface area (Å²) in [4.78, 5) is 10.4. The molecule has 0 spiro atoms. The van der Waals surface area contributed by atoms with Gasteiger partial charge in [0.2, 0.25) is 0 Å². The van der Waals surface area contributed by atoms with Crippen LogP contribution in [0, 0.1) is 5.92 Å². The molecular weight excluding hydrogens is 256 g/mol. The number of hydrogen-bond donors (Lipinski definition) is 1. The molecule has 7 heteroatoms. The Labute approximate surface area is 112 Å². The van der Waals surface area contributed by atoms with Crippen molar-refractivity contribution in [3.63, 3.8) is 0 Å². The second-order valence-corrected chi connectivity index (χ2v) is 4.45. The molecule has 0 aliphatic carbocycles. The van der Waals surface area contributed by atoms with Crippen LogP contribution in [0.4, 0.5) is 0 Å². The molecule has 1 fully saturated rings. The number of carboxylic acids is 1. The van der Waals surface area contributed by atoms with Crippen molar-refractivity contribution < 1.29 is 33.6 Å². The summed E-state index contributed by atoms with van der Waals surface area (Å²) in [5.41, 5.74) is 0. The van der Waals surface area contributed by atoms with E-state index < -0.39 is 12.3 Å². The molecular formula is C12H22O7. The second-order valence-electron chi connectivity index (χ2n) is 4.45. The van der Waals surface area contributed by atoms with Crippen LogP contribution in [0.3, 0.4) is 0 Å². The fraction of sp³-hybridized carbons (Fsp3) is 0.917. The summed E-state index contributed by atoms with van der Waals surface area (Å²) in [6, 6.07) is 0. The first kappa shape index (κ1) is 16.3. The number of carboxylic acid groups (broad SMARTS) is 1. The normalized spacial score (nSPS) is 35.3. The molecule has 0 radical (unpaired) electrons. The Bertz CT molecular complexity index is 283. The third-order valence-corrected chi connectivity index (χ3v) is 3.29. The highest BCUT2D eigenvalue weighted by atomic mass is 16.7. The summed E-state index contributed by atoms with van der Waals surface area (Å²) in [6.07, 6.45) is -1.41. The molecule has 0 aromatic carbocycles. The first-order valence-corrected chi connectivity index (χ1v) is 6.08. The van der Waals surface area contributed by atoms with Crippen molar-refractivity contribution >= 4 is 5.97 Å². The van der Waals surface area contributed by atoms with Gasteiger partial charge in [0.25, 0.3) is 0 Å². The quantitative estimate of drug-likeness (QED) is 0.708. The summed E-state index contributed by atoms with van der Waals surface area (Å²) < 4.78 is 26.8. The van der Waals surface area contributed by atoms with Crippen molar-refractivity contribution in [2.45, 2.75) is 31.5 Å². The van der Waals surface area contributed by atoms with Crippen molar-refractivity contribution in [1.82, 2.24) is 0 Å². The minimum atomic E-state index is -1.01. The van der Waals surface area contributed by atoms with E-state index in [0.717, 1.165) is 0 Å². The molecule has 1 saturated heterocycles. The maximum Gasteiger partial charge on any atom is 0.329 e. The van der Waals surface area contributed by atoms with E-state index >= 15 is 0 Å². The molecule has 0 amide bonds. The van der Waals surface area contributed by atoms with E-state index in [1.165, 1.54) is 7.11 Å². The fourth-order valence-electron chi connectivity index (χ4n) is 2.28. The van der Waals surface area contributed by atoms with E-state index in [9.17, 15) is 4.79 Å². The maximum absolute atomic E-state index is 10.4. The molecule has 5 atom stereocenters. The van der Waals surface area contributed by atoms with Crippen LogP contribution in [0.1, 0.15) is 6.92 Å². The Morgan fingerprint density at radius 1 is 1.16 bits per heavy atom. The van der Waals surface area contributed by atoms with Crippen molar-refractivity contribution in [2.24, 2.45) is 5.92 Å². The average molecular weight is 278 g/mol. The number of carbonyl (C=O) groups is 1. The summed E-state index contributed by atoms with van der Waals surface area (Å²) in [6.45, 7) is 1.76. The molecule has 19 heavy (non-hydrogen) atoms. The molecule has 1 N–H and O–H groups in total. The summed E-state index contributed by atoms with van der Waals surface area (Å²) in [5.74, 6) is -1.01. The molecule has 1 aliphatic rings. The molecule has 0 saturated carbocycles. The third kappa shape index (κ3) is 4.12. The van der Waals surface area contributed by atoms with Crippen LogP contribution in [0.5, 0.6) is 0 Å². The zero-order valence-corrected chi connectivity index (χ0v) is 11.7. The predicted molar refractivity (Wildman–Crippen MR) is 64.9 cm³/mol. The zero-order chi connectivity index (χ0) is 14.4. The van der Waals surface area contributed by atoms with Crippen LogP contribution in [-0.2, 0) is 28.5 Å². The van der Waals surface area contributed by atoms with E-state index in [1.54, 1.807) is 14.2 Å². The predicted octanol–water partition coefficient (Wildman–Crippen LogP) is 0.125. The van der Waals surface area contributed by atoms with Crippen LogP contribution in [0.15, 0.2) is 0 Å². The van der Waals surface area contributed by atoms with Gasteiger partial charge in [0.05, 0.1) is 18.8 Å². The van der Waals surface area contributed by atoms with Crippen molar-refractivity contribution in [3.05, 3.63) is 0 Å². The number of hydrogen-bond acceptors (Lipinski definition) is 6. The summed E-state index contributed by atoms with van der Waals surface area (Å²) >= 11 is 0. The molecule has 7 nitrogen and oxygen atoms in total. The number of rotatable bonds is 7. The maximum atomic E-state index is 10.4. The minimum Gasteiger partial charge on any atom is -0.480 e. The number of aliphatic carboxylic acids is 1. The Kier molecular flexibility index (Phi) is 6.67. The van der Waals surface area contributed by atoms with Gasteiger partial charge in [-0.25, -0.2) is 4.79 Å². The van der Waals surface area contributed by atoms with E-state index in [1.807, 2.05) is 6.92 Å². The lowest BCUT2D eigenvalue weighted by Gasteiger charge is -2.43. The Hall–Kier alpha value is -0.730. The molecule has 0 aromatic heterocycles. The van der Waals surface area contributed by atoms with E-state index in [-0.39, 0.29) is 37.4 Å². The van der Waals surface area contributed by atoms with Gasteiger partial charge < -0.3 is 28.8 Å². The molecule has 2 unspecified atom stereocenters. The Morgan fingerprint density at radius 2 is 1.79 bits per heavy atom. The summed E-state index contributed by atoms with van der Waals surface area (Å²) in [7, 11) is 4.69. The van der Waals surface area contributed by atoms with Gasteiger partial charge in [0.15, 0.2) is 6.29 Å². The van der Waals surface area contributed by atoms with Gasteiger partial charge in [-0.2, -0.15) is 0 Å². The monoisotopic (exact) mass is 278 g/mol. The summed E-state index contributed by atoms with van der Waals surface area (Å²) in [5, 5.41) is 8.55. The van der Waals surface area contributed by atoms with Crippen molar-refractivity contribution in [2.75, 3.05) is 34.5 Å². The van der Waals surface area contributed by atoms with Gasteiger partial charge in [-0.05, 0) is 0 Å². The van der Waals surface area contributed by atoms with Crippen LogP contribution in [0.2, 0.25) is 0 Å². The van der Waals surface area contributed by atoms with Crippen molar-refractivity contribution in [1.29, 1.82) is 0 Å². The van der Waals surface area contributed by atoms with Gasteiger partial charge in [-0.15, -0.1) is 0 Å². The van der Waals surface area contributed by atoms with Crippen LogP contribution >= 0.6 is 0 Å². The second kappa shape index (κ2) is 7.76. The lowest BCUT2D eigenvalue weighted by atomic mass is 9.90. The number of ether oxygens (including phenoxy) is 5. The molecule has 0 bridgehead atoms. The highest BCUT2D eigenvalue weighted by Gasteiger charge is 2.44. The van der Waals surface area contributed by atoms with Gasteiger partial charge >= 0.3 is 5.97 Å². The van der Waals surface area contributed by atoms with Crippen LogP contribution in [-0.4, -0.2) is 70.2 Å². The first-order valence-electron chi connectivity index (χ1n) is 6.08. The van der Waals surface area contributed by atoms with E-state index in [0.29, 0.717) is 0 Å². The average Bonchev–Trinajstić information content (AvgIpc) is 2.39. The van der Waals surface area contributed by atoms with Gasteiger partial charge in [-0.3, -0.25) is 0 Å². The van der Waals surface area contributed by atoms with Crippen LogP contribution in [0.25, 0.3) is 0 Å². The SMILES string of the molecule is COC1[C@H](OC)OC(COCC(=O)O)[C@H](C)[C@@H]1OC.